The highest BCUT2D eigenvalue weighted by atomic mass is 16.7. The fourth-order valence-electron chi connectivity index (χ4n) is 1.23. The van der Waals surface area contributed by atoms with Gasteiger partial charge in [-0.25, -0.2) is 4.79 Å². The summed E-state index contributed by atoms with van der Waals surface area (Å²) in [6, 6.07) is 3.43. The number of hydrogen-bond donors (Lipinski definition) is 1. The van der Waals surface area contributed by atoms with Crippen LogP contribution in [0, 0.1) is 0 Å². The number of hydrogen-bond acceptors (Lipinski definition) is 4. The van der Waals surface area contributed by atoms with E-state index in [1.165, 1.54) is 13.2 Å². The lowest BCUT2D eigenvalue weighted by Gasteiger charge is -2.14. The van der Waals surface area contributed by atoms with Crippen LogP contribution in [-0.2, 0) is 9.63 Å². The van der Waals surface area contributed by atoms with Gasteiger partial charge < -0.3 is 14.4 Å². The summed E-state index contributed by atoms with van der Waals surface area (Å²) in [4.78, 5) is 15.7. The molecule has 1 aliphatic rings. The Kier molecular flexibility index (Phi) is 1.80. The van der Waals surface area contributed by atoms with Crippen molar-refractivity contribution in [2.24, 2.45) is 5.16 Å². The van der Waals surface area contributed by atoms with Crippen LogP contribution in [0.25, 0.3) is 0 Å². The molecule has 0 radical (unpaired) electrons. The van der Waals surface area contributed by atoms with Gasteiger partial charge in [-0.1, -0.05) is 5.16 Å². The number of carbonyl (C=O) groups is 1. The van der Waals surface area contributed by atoms with Gasteiger partial charge in [-0.15, -0.1) is 0 Å². The number of aliphatic carboxylic acids is 1. The van der Waals surface area contributed by atoms with E-state index in [2.05, 4.69) is 5.16 Å². The van der Waals surface area contributed by atoms with E-state index in [-0.39, 0.29) is 6.42 Å². The van der Waals surface area contributed by atoms with Crippen LogP contribution in [-0.4, -0.2) is 22.4 Å². The molecule has 1 aromatic rings. The summed E-state index contributed by atoms with van der Waals surface area (Å²) < 4.78 is 5.09. The monoisotopic (exact) mass is 195 g/mol. The van der Waals surface area contributed by atoms with Crippen LogP contribution in [0.1, 0.15) is 19.1 Å². The van der Waals surface area contributed by atoms with E-state index in [0.717, 1.165) is 0 Å². The van der Waals surface area contributed by atoms with Crippen LogP contribution < -0.4 is 0 Å². The zero-order valence-corrected chi connectivity index (χ0v) is 7.56. The van der Waals surface area contributed by atoms with Gasteiger partial charge in [-0.05, 0) is 19.1 Å². The maximum absolute atomic E-state index is 10.8. The third-order valence-electron chi connectivity index (χ3n) is 2.12. The van der Waals surface area contributed by atoms with E-state index in [4.69, 9.17) is 14.4 Å². The van der Waals surface area contributed by atoms with Crippen molar-refractivity contribution < 1.29 is 19.2 Å². The Labute approximate surface area is 80.0 Å². The summed E-state index contributed by atoms with van der Waals surface area (Å²) in [5, 5.41) is 12.6. The Morgan fingerprint density at radius 1 is 1.71 bits per heavy atom. The van der Waals surface area contributed by atoms with Crippen molar-refractivity contribution in [2.75, 3.05) is 0 Å². The smallest absolute Gasteiger partial charge is 0.351 e. The predicted octanol–water partition coefficient (Wildman–Crippen LogP) is 1.25. The standard InChI is InChI=1S/C9H9NO4/c1-9(8(11)12)5-6(10-14-9)7-3-2-4-13-7/h2-4H,5H2,1H3,(H,11,12). The Morgan fingerprint density at radius 3 is 3.00 bits per heavy atom. The SMILES string of the molecule is CC1(C(=O)O)CC(c2ccco2)=NO1. The summed E-state index contributed by atoms with van der Waals surface area (Å²) in [7, 11) is 0. The average Bonchev–Trinajstić information content (AvgIpc) is 2.72. The molecule has 2 rings (SSSR count). The third kappa shape index (κ3) is 1.26. The van der Waals surface area contributed by atoms with Crippen molar-refractivity contribution in [3.63, 3.8) is 0 Å². The number of carboxylic acids is 1. The molecule has 0 spiro atoms. The molecule has 0 aromatic carbocycles. The van der Waals surface area contributed by atoms with Crippen molar-refractivity contribution in [1.29, 1.82) is 0 Å². The van der Waals surface area contributed by atoms with Gasteiger partial charge in [0, 0.05) is 0 Å². The van der Waals surface area contributed by atoms with Gasteiger partial charge in [-0.3, -0.25) is 0 Å². The summed E-state index contributed by atoms with van der Waals surface area (Å²) in [5.74, 6) is -0.474. The topological polar surface area (TPSA) is 72.0 Å². The molecule has 0 amide bonds. The van der Waals surface area contributed by atoms with Crippen molar-refractivity contribution in [3.8, 4) is 0 Å². The van der Waals surface area contributed by atoms with Gasteiger partial charge in [0.05, 0.1) is 12.7 Å². The first kappa shape index (κ1) is 8.80. The molecule has 1 aliphatic heterocycles. The minimum absolute atomic E-state index is 0.218. The van der Waals surface area contributed by atoms with Gasteiger partial charge in [0.2, 0.25) is 5.60 Å². The highest BCUT2D eigenvalue weighted by molar-refractivity contribution is 6.02. The largest absolute Gasteiger partial charge is 0.478 e. The van der Waals surface area contributed by atoms with Crippen molar-refractivity contribution in [3.05, 3.63) is 24.2 Å². The van der Waals surface area contributed by atoms with Crippen LogP contribution in [0.5, 0.6) is 0 Å². The van der Waals surface area contributed by atoms with E-state index >= 15 is 0 Å². The van der Waals surface area contributed by atoms with Crippen LogP contribution >= 0.6 is 0 Å². The molecule has 1 aromatic heterocycles. The van der Waals surface area contributed by atoms with Gasteiger partial charge in [0.1, 0.15) is 5.71 Å². The van der Waals surface area contributed by atoms with E-state index in [9.17, 15) is 4.79 Å². The highest BCUT2D eigenvalue weighted by Crippen LogP contribution is 2.26. The molecule has 5 heteroatoms. The lowest BCUT2D eigenvalue weighted by molar-refractivity contribution is -0.160. The molecule has 1 N–H and O–H groups in total. The molecule has 1 atom stereocenters. The number of carboxylic acid groups (broad SMARTS) is 1. The maximum Gasteiger partial charge on any atom is 0.351 e. The van der Waals surface area contributed by atoms with E-state index in [1.54, 1.807) is 12.1 Å². The molecular formula is C9H9NO4. The second-order valence-electron chi connectivity index (χ2n) is 3.32. The summed E-state index contributed by atoms with van der Waals surface area (Å²) in [6.07, 6.45) is 1.73. The number of furan rings is 1. The number of oxime groups is 1. The minimum atomic E-state index is -1.26. The van der Waals surface area contributed by atoms with Gasteiger partial charge in [0.15, 0.2) is 5.76 Å². The molecule has 2 heterocycles. The first-order valence-corrected chi connectivity index (χ1v) is 4.14. The minimum Gasteiger partial charge on any atom is -0.478 e. The quantitative estimate of drug-likeness (QED) is 0.770. The molecule has 74 valence electrons. The van der Waals surface area contributed by atoms with Gasteiger partial charge in [0.25, 0.3) is 0 Å². The van der Waals surface area contributed by atoms with Gasteiger partial charge in [-0.2, -0.15) is 0 Å². The fourth-order valence-corrected chi connectivity index (χ4v) is 1.23. The summed E-state index contributed by atoms with van der Waals surface area (Å²) >= 11 is 0. The second-order valence-corrected chi connectivity index (χ2v) is 3.32. The first-order valence-electron chi connectivity index (χ1n) is 4.14. The summed E-state index contributed by atoms with van der Waals surface area (Å²) in [5.41, 5.74) is -0.734. The Hall–Kier alpha value is -1.78. The van der Waals surface area contributed by atoms with E-state index in [0.29, 0.717) is 11.5 Å². The number of rotatable bonds is 2. The molecule has 0 saturated carbocycles. The second kappa shape index (κ2) is 2.87. The zero-order chi connectivity index (χ0) is 10.2. The van der Waals surface area contributed by atoms with Gasteiger partial charge >= 0.3 is 5.97 Å². The van der Waals surface area contributed by atoms with Crippen molar-refractivity contribution in [2.45, 2.75) is 18.9 Å². The Morgan fingerprint density at radius 2 is 2.50 bits per heavy atom. The average molecular weight is 195 g/mol. The molecular weight excluding hydrogens is 186 g/mol. The van der Waals surface area contributed by atoms with Crippen molar-refractivity contribution in [1.82, 2.24) is 0 Å². The van der Waals surface area contributed by atoms with Crippen LogP contribution in [0.3, 0.4) is 0 Å². The van der Waals surface area contributed by atoms with Crippen LogP contribution in [0.4, 0.5) is 0 Å². The number of nitrogens with zero attached hydrogens (tertiary/aromatic N) is 1. The first-order chi connectivity index (χ1) is 6.62. The fraction of sp³-hybridized carbons (Fsp3) is 0.333. The molecule has 14 heavy (non-hydrogen) atoms. The van der Waals surface area contributed by atoms with Crippen LogP contribution in [0.15, 0.2) is 28.0 Å². The molecule has 0 saturated heterocycles. The van der Waals surface area contributed by atoms with E-state index in [1.807, 2.05) is 0 Å². The molecule has 0 aliphatic carbocycles. The normalized spacial score (nSPS) is 25.6. The molecule has 0 bridgehead atoms. The van der Waals surface area contributed by atoms with Crippen LogP contribution in [0.2, 0.25) is 0 Å². The Balaban J connectivity index is 2.19. The molecule has 0 fully saturated rings. The lowest BCUT2D eigenvalue weighted by Crippen LogP contribution is -2.35. The molecule has 1 unspecified atom stereocenters. The lowest BCUT2D eigenvalue weighted by atomic mass is 9.99. The van der Waals surface area contributed by atoms with E-state index < -0.39 is 11.6 Å². The highest BCUT2D eigenvalue weighted by Gasteiger charge is 2.43. The Bertz CT molecular complexity index is 382. The van der Waals surface area contributed by atoms with Crippen molar-refractivity contribution >= 4 is 11.7 Å². The molecule has 5 nitrogen and oxygen atoms in total. The zero-order valence-electron chi connectivity index (χ0n) is 7.56. The maximum atomic E-state index is 10.8. The summed E-state index contributed by atoms with van der Waals surface area (Å²) in [6.45, 7) is 1.48. The third-order valence-corrected chi connectivity index (χ3v) is 2.12. The predicted molar refractivity (Wildman–Crippen MR) is 47.0 cm³/mol.